The lowest BCUT2D eigenvalue weighted by Crippen LogP contribution is -2.37. The number of carbonyl (C=O) groups excluding carboxylic acids is 4. The molecular weight excluding hydrogens is 748 g/mol. The van der Waals surface area contributed by atoms with Gasteiger partial charge in [-0.2, -0.15) is 20.7 Å². The number of nitrogens with zero attached hydrogens (tertiary/aromatic N) is 10. The number of halogens is 1. The Morgan fingerprint density at radius 2 is 1.11 bits per heavy atom. The smallest absolute Gasteiger partial charge is 0.254 e. The lowest BCUT2D eigenvalue weighted by molar-refractivity contribution is -0.132. The molecule has 4 amide bonds. The minimum atomic E-state index is -0.288. The van der Waals surface area contributed by atoms with E-state index in [2.05, 4.69) is 42.9 Å². The van der Waals surface area contributed by atoms with E-state index >= 15 is 0 Å². The largest absolute Gasteiger partial charge is 0.351 e. The third kappa shape index (κ3) is 11.7. The molecule has 0 radical (unpaired) electrons. The molecule has 0 unspecified atom stereocenters. The molecule has 2 saturated heterocycles. The second-order valence-corrected chi connectivity index (χ2v) is 16.3. The van der Waals surface area contributed by atoms with Crippen molar-refractivity contribution in [1.29, 1.82) is 10.5 Å². The van der Waals surface area contributed by atoms with Gasteiger partial charge < -0.3 is 20.4 Å². The second-order valence-electron chi connectivity index (χ2n) is 16.3. The number of carbonyl (C=O) groups is 4. The van der Waals surface area contributed by atoms with Crippen molar-refractivity contribution >= 4 is 47.3 Å². The van der Waals surface area contributed by atoms with E-state index in [0.29, 0.717) is 74.3 Å². The van der Waals surface area contributed by atoms with Crippen LogP contribution in [-0.2, 0) is 9.59 Å². The average Bonchev–Trinajstić information content (AvgIpc) is 3.99. The number of aromatic nitrogens is 6. The first-order valence-corrected chi connectivity index (χ1v) is 19.2. The van der Waals surface area contributed by atoms with Crippen molar-refractivity contribution in [2.24, 2.45) is 10.8 Å². The number of fused-ring (bicyclic) bond motifs is 2. The molecule has 16 nitrogen and oxygen atoms in total. The van der Waals surface area contributed by atoms with Gasteiger partial charge >= 0.3 is 0 Å². The minimum absolute atomic E-state index is 0. The fourth-order valence-electron chi connectivity index (χ4n) is 6.82. The first-order valence-electron chi connectivity index (χ1n) is 19.2. The Hall–Kier alpha value is -5.61. The summed E-state index contributed by atoms with van der Waals surface area (Å²) in [6.07, 6.45) is 11.7. The molecular formula is C40H53ClN12O4. The normalized spacial score (nSPS) is 16.6. The summed E-state index contributed by atoms with van der Waals surface area (Å²) in [7, 11) is 0. The van der Waals surface area contributed by atoms with Crippen molar-refractivity contribution in [3.8, 4) is 12.1 Å². The highest BCUT2D eigenvalue weighted by Gasteiger charge is 2.31. The Balaban J connectivity index is 0.000000248. The van der Waals surface area contributed by atoms with E-state index < -0.39 is 0 Å². The van der Waals surface area contributed by atoms with Crippen molar-refractivity contribution < 1.29 is 19.2 Å². The van der Waals surface area contributed by atoms with Crippen LogP contribution in [0.15, 0.2) is 36.9 Å². The zero-order valence-corrected chi connectivity index (χ0v) is 34.4. The second kappa shape index (κ2) is 19.0. The molecule has 0 spiro atoms. The van der Waals surface area contributed by atoms with Crippen molar-refractivity contribution in [1.82, 2.24) is 49.6 Å². The van der Waals surface area contributed by atoms with Crippen molar-refractivity contribution in [3.63, 3.8) is 0 Å². The van der Waals surface area contributed by atoms with Gasteiger partial charge in [0, 0.05) is 75.9 Å². The highest BCUT2D eigenvalue weighted by Crippen LogP contribution is 2.26. The molecule has 0 aliphatic carbocycles. The van der Waals surface area contributed by atoms with Crippen molar-refractivity contribution in [3.05, 3.63) is 59.4 Å². The highest BCUT2D eigenvalue weighted by atomic mass is 35.5. The topological polar surface area (TPSA) is 207 Å². The van der Waals surface area contributed by atoms with Gasteiger partial charge in [0.2, 0.25) is 11.8 Å². The zero-order valence-electron chi connectivity index (χ0n) is 33.6. The molecule has 2 aliphatic rings. The highest BCUT2D eigenvalue weighted by molar-refractivity contribution is 5.94. The summed E-state index contributed by atoms with van der Waals surface area (Å²) in [6, 6.07) is 7.52. The van der Waals surface area contributed by atoms with Gasteiger partial charge in [-0.25, -0.2) is 19.0 Å². The Bertz CT molecular complexity index is 2010. The molecule has 4 aromatic rings. The molecule has 2 atom stereocenters. The van der Waals surface area contributed by atoms with Crippen LogP contribution in [0.1, 0.15) is 111 Å². The van der Waals surface area contributed by atoms with Crippen LogP contribution < -0.4 is 10.6 Å². The molecule has 17 heteroatoms. The first kappa shape index (κ1) is 44.1. The van der Waals surface area contributed by atoms with Gasteiger partial charge in [-0.3, -0.25) is 19.2 Å². The summed E-state index contributed by atoms with van der Waals surface area (Å²) < 4.78 is 3.19. The van der Waals surface area contributed by atoms with Gasteiger partial charge in [-0.05, 0) is 63.2 Å². The summed E-state index contributed by atoms with van der Waals surface area (Å²) in [5.41, 5.74) is 3.48. The predicted molar refractivity (Wildman–Crippen MR) is 214 cm³/mol. The Morgan fingerprint density at radius 1 is 0.719 bits per heavy atom. The molecule has 4 aromatic heterocycles. The molecule has 2 N–H and O–H groups in total. The molecule has 2 aliphatic heterocycles. The SMILES string of the molecule is Cc1cc2ncc(C(=O)NCC(C)(C)CCC(=O)N3CCC[C@H]3C#N)cn2n1.Cc1cc2ncc(C(=O)NCC(C)(C)CCC(=O)N3CCC[C@H]3C#N)cn2n1.Cl. The maximum Gasteiger partial charge on any atom is 0.254 e. The Kier molecular flexibility index (Phi) is 14.7. The summed E-state index contributed by atoms with van der Waals surface area (Å²) >= 11 is 0. The lowest BCUT2D eigenvalue weighted by atomic mass is 9.87. The number of hydrogen-bond acceptors (Lipinski definition) is 10. The molecule has 6 rings (SSSR count). The van der Waals surface area contributed by atoms with Gasteiger partial charge in [0.1, 0.15) is 12.1 Å². The molecule has 2 fully saturated rings. The predicted octanol–water partition coefficient (Wildman–Crippen LogP) is 4.60. The summed E-state index contributed by atoms with van der Waals surface area (Å²) in [6.45, 7) is 14.0. The quantitative estimate of drug-likeness (QED) is 0.204. The van der Waals surface area contributed by atoms with Crippen LogP contribution in [0.4, 0.5) is 0 Å². The standard InChI is InChI=1S/2C20H26N6O2.ClH/c2*1-14-9-17-22-11-15(12-26(17)24-14)19(28)23-13-20(2,3)7-6-18(27)25-8-4-5-16(25)10-21;/h2*9,11-12,16H,4-8,13H2,1-3H3,(H,23,28);1H/t2*16-;/m00./s1. The summed E-state index contributed by atoms with van der Waals surface area (Å²) in [4.78, 5) is 61.6. The third-order valence-corrected chi connectivity index (χ3v) is 10.3. The summed E-state index contributed by atoms with van der Waals surface area (Å²) in [5.74, 6) is -0.392. The van der Waals surface area contributed by atoms with E-state index in [0.717, 1.165) is 37.1 Å². The molecule has 0 saturated carbocycles. The van der Waals surface area contributed by atoms with Crippen LogP contribution in [0.3, 0.4) is 0 Å². The molecule has 0 bridgehead atoms. The number of nitriles is 2. The molecule has 57 heavy (non-hydrogen) atoms. The van der Waals surface area contributed by atoms with Gasteiger partial charge in [-0.1, -0.05) is 27.7 Å². The maximum atomic E-state index is 12.5. The van der Waals surface area contributed by atoms with Crippen molar-refractivity contribution in [2.45, 2.75) is 105 Å². The van der Waals surface area contributed by atoms with Crippen LogP contribution in [0.25, 0.3) is 11.3 Å². The van der Waals surface area contributed by atoms with E-state index in [9.17, 15) is 19.2 Å². The van der Waals surface area contributed by atoms with Gasteiger partial charge in [0.15, 0.2) is 11.3 Å². The fraction of sp³-hybridized carbons (Fsp3) is 0.550. The number of amides is 4. The van der Waals surface area contributed by atoms with E-state index in [1.165, 1.54) is 12.4 Å². The van der Waals surface area contributed by atoms with Gasteiger partial charge in [0.25, 0.3) is 11.8 Å². The molecule has 304 valence electrons. The number of likely N-dealkylation sites (tertiary alicyclic amines) is 2. The van der Waals surface area contributed by atoms with Crippen LogP contribution in [0.5, 0.6) is 0 Å². The van der Waals surface area contributed by atoms with Crippen LogP contribution in [0, 0.1) is 47.3 Å². The fourth-order valence-corrected chi connectivity index (χ4v) is 6.82. The Labute approximate surface area is 339 Å². The zero-order chi connectivity index (χ0) is 40.6. The van der Waals surface area contributed by atoms with Crippen molar-refractivity contribution in [2.75, 3.05) is 26.2 Å². The average molecular weight is 801 g/mol. The van der Waals surface area contributed by atoms with E-state index in [1.54, 1.807) is 31.2 Å². The van der Waals surface area contributed by atoms with Crippen LogP contribution in [0.2, 0.25) is 0 Å². The monoisotopic (exact) mass is 800 g/mol. The Morgan fingerprint density at radius 3 is 1.47 bits per heavy atom. The number of aryl methyl sites for hydroxylation is 2. The van der Waals surface area contributed by atoms with Crippen LogP contribution >= 0.6 is 12.4 Å². The van der Waals surface area contributed by atoms with E-state index in [-0.39, 0.29) is 58.9 Å². The first-order chi connectivity index (χ1) is 26.6. The minimum Gasteiger partial charge on any atom is -0.351 e. The van der Waals surface area contributed by atoms with Gasteiger partial charge in [0.05, 0.1) is 34.7 Å². The van der Waals surface area contributed by atoms with E-state index in [4.69, 9.17) is 10.5 Å². The lowest BCUT2D eigenvalue weighted by Gasteiger charge is -2.26. The number of rotatable bonds is 12. The summed E-state index contributed by atoms with van der Waals surface area (Å²) in [5, 5.41) is 32.7. The van der Waals surface area contributed by atoms with Crippen LogP contribution in [-0.4, -0.2) is 101 Å². The molecule has 6 heterocycles. The number of nitrogens with one attached hydrogen (secondary N) is 2. The number of hydrogen-bond donors (Lipinski definition) is 2. The van der Waals surface area contributed by atoms with E-state index in [1.807, 2.05) is 53.7 Å². The third-order valence-electron chi connectivity index (χ3n) is 10.3. The molecule has 0 aromatic carbocycles. The van der Waals surface area contributed by atoms with Gasteiger partial charge in [-0.15, -0.1) is 12.4 Å². The maximum absolute atomic E-state index is 12.5.